The Hall–Kier alpha value is -1.59. The summed E-state index contributed by atoms with van der Waals surface area (Å²) in [5.74, 6) is 0.575. The molecule has 5 nitrogen and oxygen atoms in total. The van der Waals surface area contributed by atoms with Crippen molar-refractivity contribution >= 4 is 11.7 Å². The van der Waals surface area contributed by atoms with Gasteiger partial charge in [0.2, 0.25) is 0 Å². The predicted molar refractivity (Wildman–Crippen MR) is 95.7 cm³/mol. The highest BCUT2D eigenvalue weighted by molar-refractivity contribution is 5.90. The maximum Gasteiger partial charge on any atom is 0.319 e. The highest BCUT2D eigenvalue weighted by Gasteiger charge is 2.21. The van der Waals surface area contributed by atoms with Crippen molar-refractivity contribution in [3.63, 3.8) is 0 Å². The average Bonchev–Trinajstić information content (AvgIpc) is 2.53. The zero-order valence-corrected chi connectivity index (χ0v) is 15.1. The van der Waals surface area contributed by atoms with E-state index in [0.717, 1.165) is 24.1 Å². The molecule has 0 unspecified atom stereocenters. The van der Waals surface area contributed by atoms with E-state index in [1.807, 2.05) is 24.3 Å². The first-order valence-electron chi connectivity index (χ1n) is 8.31. The van der Waals surface area contributed by atoms with Crippen LogP contribution in [0.1, 0.15) is 32.3 Å². The van der Waals surface area contributed by atoms with E-state index in [1.165, 1.54) is 0 Å². The Morgan fingerprint density at radius 2 is 1.87 bits per heavy atom. The number of hydrogen-bond acceptors (Lipinski definition) is 3. The summed E-state index contributed by atoms with van der Waals surface area (Å²) in [5.41, 5.74) is 1.75. The molecule has 0 radical (unpaired) electrons. The van der Waals surface area contributed by atoms with Crippen LogP contribution in [0, 0.1) is 5.92 Å². The lowest BCUT2D eigenvalue weighted by atomic mass is 9.93. The standard InChI is InChI=1S/C18H31N3O2/c1-6-14(7-2)17(21(3)4)12-19-18(22)20-16-11-9-8-10-15(16)13-23-5/h8-11,14,17H,6-7,12-13H2,1-5H3,(H2,19,20,22)/t17-/m0/s1. The predicted octanol–water partition coefficient (Wildman–Crippen LogP) is 3.32. The molecule has 1 rings (SSSR count). The fraction of sp³-hybridized carbons (Fsp3) is 0.611. The van der Waals surface area contributed by atoms with E-state index in [4.69, 9.17) is 4.74 Å². The maximum absolute atomic E-state index is 12.2. The number of para-hydroxylation sites is 1. The third-order valence-electron chi connectivity index (χ3n) is 4.29. The number of carbonyl (C=O) groups excluding carboxylic acids is 1. The number of methoxy groups -OCH3 is 1. The number of benzene rings is 1. The monoisotopic (exact) mass is 321 g/mol. The Bertz CT molecular complexity index is 473. The van der Waals surface area contributed by atoms with Crippen LogP contribution in [-0.2, 0) is 11.3 Å². The van der Waals surface area contributed by atoms with Gasteiger partial charge >= 0.3 is 6.03 Å². The number of nitrogens with one attached hydrogen (secondary N) is 2. The van der Waals surface area contributed by atoms with Gasteiger partial charge in [-0.05, 0) is 26.1 Å². The molecule has 0 spiro atoms. The second-order valence-corrected chi connectivity index (χ2v) is 6.03. The summed E-state index contributed by atoms with van der Waals surface area (Å²) in [6, 6.07) is 7.84. The zero-order valence-electron chi connectivity index (χ0n) is 15.1. The lowest BCUT2D eigenvalue weighted by Crippen LogP contribution is -2.45. The van der Waals surface area contributed by atoms with Gasteiger partial charge in [-0.25, -0.2) is 4.79 Å². The van der Waals surface area contributed by atoms with Gasteiger partial charge in [0.05, 0.1) is 6.61 Å². The number of carbonyl (C=O) groups is 1. The number of urea groups is 1. The smallest absolute Gasteiger partial charge is 0.319 e. The number of likely N-dealkylation sites (N-methyl/N-ethyl adjacent to an activating group) is 1. The lowest BCUT2D eigenvalue weighted by molar-refractivity contribution is 0.185. The second-order valence-electron chi connectivity index (χ2n) is 6.03. The molecule has 0 heterocycles. The van der Waals surface area contributed by atoms with Crippen LogP contribution in [0.2, 0.25) is 0 Å². The largest absolute Gasteiger partial charge is 0.380 e. The van der Waals surface area contributed by atoms with Gasteiger partial charge in [0.15, 0.2) is 0 Å². The summed E-state index contributed by atoms with van der Waals surface area (Å²) in [5, 5.41) is 5.91. The number of amides is 2. The Morgan fingerprint density at radius 3 is 2.43 bits per heavy atom. The Balaban J connectivity index is 2.62. The average molecular weight is 321 g/mol. The molecule has 0 aliphatic heterocycles. The molecule has 0 fully saturated rings. The van der Waals surface area contributed by atoms with Crippen LogP contribution in [0.15, 0.2) is 24.3 Å². The Morgan fingerprint density at radius 1 is 1.22 bits per heavy atom. The van der Waals surface area contributed by atoms with Crippen molar-refractivity contribution < 1.29 is 9.53 Å². The Labute approximate surface area is 140 Å². The number of anilines is 1. The van der Waals surface area contributed by atoms with Crippen LogP contribution in [0.25, 0.3) is 0 Å². The highest BCUT2D eigenvalue weighted by atomic mass is 16.5. The van der Waals surface area contributed by atoms with Crippen molar-refractivity contribution in [3.05, 3.63) is 29.8 Å². The van der Waals surface area contributed by atoms with E-state index >= 15 is 0 Å². The number of ether oxygens (including phenoxy) is 1. The normalized spacial score (nSPS) is 12.5. The quantitative estimate of drug-likeness (QED) is 0.733. The first-order valence-corrected chi connectivity index (χ1v) is 8.31. The van der Waals surface area contributed by atoms with Crippen molar-refractivity contribution in [1.82, 2.24) is 10.2 Å². The van der Waals surface area contributed by atoms with Crippen molar-refractivity contribution in [2.75, 3.05) is 33.1 Å². The molecule has 2 amide bonds. The van der Waals surface area contributed by atoms with Gasteiger partial charge in [0, 0.05) is 30.9 Å². The van der Waals surface area contributed by atoms with E-state index < -0.39 is 0 Å². The Kier molecular flexibility index (Phi) is 8.66. The SMILES string of the molecule is CCC(CC)[C@H](CNC(=O)Nc1ccccc1COC)N(C)C. The van der Waals surface area contributed by atoms with Crippen molar-refractivity contribution in [3.8, 4) is 0 Å². The fourth-order valence-electron chi connectivity index (χ4n) is 2.89. The summed E-state index contributed by atoms with van der Waals surface area (Å²) in [6.45, 7) is 5.51. The molecule has 2 N–H and O–H groups in total. The molecule has 1 atom stereocenters. The molecule has 0 aliphatic carbocycles. The third-order valence-corrected chi connectivity index (χ3v) is 4.29. The van der Waals surface area contributed by atoms with E-state index in [0.29, 0.717) is 25.1 Å². The van der Waals surface area contributed by atoms with Gasteiger partial charge in [-0.2, -0.15) is 0 Å². The number of rotatable bonds is 9. The third kappa shape index (κ3) is 6.20. The van der Waals surface area contributed by atoms with Gasteiger partial charge in [-0.15, -0.1) is 0 Å². The van der Waals surface area contributed by atoms with Crippen molar-refractivity contribution in [2.24, 2.45) is 5.92 Å². The maximum atomic E-state index is 12.2. The summed E-state index contributed by atoms with van der Waals surface area (Å²) < 4.78 is 5.16. The van der Waals surface area contributed by atoms with Gasteiger partial charge in [0.1, 0.15) is 0 Å². The molecule has 1 aromatic carbocycles. The molecule has 23 heavy (non-hydrogen) atoms. The minimum Gasteiger partial charge on any atom is -0.380 e. The molecule has 0 bridgehead atoms. The van der Waals surface area contributed by atoms with Crippen LogP contribution < -0.4 is 10.6 Å². The highest BCUT2D eigenvalue weighted by Crippen LogP contribution is 2.17. The van der Waals surface area contributed by atoms with E-state index in [-0.39, 0.29) is 6.03 Å². The first kappa shape index (κ1) is 19.5. The first-order chi connectivity index (χ1) is 11.0. The minimum atomic E-state index is -0.175. The summed E-state index contributed by atoms with van der Waals surface area (Å²) in [6.07, 6.45) is 2.22. The van der Waals surface area contributed by atoms with Crippen molar-refractivity contribution in [1.29, 1.82) is 0 Å². The second kappa shape index (κ2) is 10.2. The van der Waals surface area contributed by atoms with Crippen LogP contribution in [0.3, 0.4) is 0 Å². The van der Waals surface area contributed by atoms with Gasteiger partial charge in [0.25, 0.3) is 0 Å². The fourth-order valence-corrected chi connectivity index (χ4v) is 2.89. The van der Waals surface area contributed by atoms with E-state index in [9.17, 15) is 4.79 Å². The summed E-state index contributed by atoms with van der Waals surface area (Å²) in [7, 11) is 5.78. The molecule has 0 aliphatic rings. The van der Waals surface area contributed by atoms with Crippen LogP contribution in [-0.4, -0.2) is 44.7 Å². The zero-order chi connectivity index (χ0) is 17.2. The molecule has 0 aromatic heterocycles. The topological polar surface area (TPSA) is 53.6 Å². The lowest BCUT2D eigenvalue weighted by Gasteiger charge is -2.31. The molecular formula is C18H31N3O2. The molecule has 1 aromatic rings. The summed E-state index contributed by atoms with van der Waals surface area (Å²) in [4.78, 5) is 14.4. The van der Waals surface area contributed by atoms with E-state index in [1.54, 1.807) is 7.11 Å². The van der Waals surface area contributed by atoms with Gasteiger partial charge in [-0.3, -0.25) is 0 Å². The molecule has 5 heteroatoms. The van der Waals surface area contributed by atoms with Crippen LogP contribution in [0.4, 0.5) is 10.5 Å². The van der Waals surface area contributed by atoms with Gasteiger partial charge in [-0.1, -0.05) is 44.9 Å². The number of nitrogens with zero attached hydrogens (tertiary/aromatic N) is 1. The minimum absolute atomic E-state index is 0.175. The number of hydrogen-bond donors (Lipinski definition) is 2. The van der Waals surface area contributed by atoms with Crippen molar-refractivity contribution in [2.45, 2.75) is 39.3 Å². The summed E-state index contributed by atoms with van der Waals surface area (Å²) >= 11 is 0. The molecular weight excluding hydrogens is 290 g/mol. The molecule has 130 valence electrons. The van der Waals surface area contributed by atoms with E-state index in [2.05, 4.69) is 43.5 Å². The molecule has 0 saturated carbocycles. The van der Waals surface area contributed by atoms with Crippen LogP contribution in [0.5, 0.6) is 0 Å². The van der Waals surface area contributed by atoms with Gasteiger partial charge < -0.3 is 20.3 Å². The van der Waals surface area contributed by atoms with Crippen LogP contribution >= 0.6 is 0 Å². The molecule has 0 saturated heterocycles.